The van der Waals surface area contributed by atoms with E-state index in [0.29, 0.717) is 6.42 Å². The second-order valence-electron chi connectivity index (χ2n) is 2.94. The van der Waals surface area contributed by atoms with E-state index in [1.807, 2.05) is 25.3 Å². The van der Waals surface area contributed by atoms with Crippen molar-refractivity contribution in [3.63, 3.8) is 0 Å². The zero-order chi connectivity index (χ0) is 10.6. The number of alkyl halides is 1. The molecule has 0 bridgehead atoms. The van der Waals surface area contributed by atoms with E-state index in [1.165, 1.54) is 5.56 Å². The molecule has 1 rings (SSSR count). The molecule has 0 unspecified atom stereocenters. The van der Waals surface area contributed by atoms with E-state index in [2.05, 4.69) is 22.0 Å². The Morgan fingerprint density at radius 1 is 1.50 bits per heavy atom. The average Bonchev–Trinajstić information content (AvgIpc) is 2.27. The quantitative estimate of drug-likeness (QED) is 0.470. The van der Waals surface area contributed by atoms with E-state index in [0.717, 1.165) is 15.8 Å². The number of hydrogen-bond donors (Lipinski definition) is 0. The van der Waals surface area contributed by atoms with Crippen LogP contribution in [-0.2, 0) is 5.33 Å². The summed E-state index contributed by atoms with van der Waals surface area (Å²) in [5.41, 5.74) is 2.06. The van der Waals surface area contributed by atoms with Crippen LogP contribution in [0.5, 0.6) is 0 Å². The Hall–Kier alpha value is -0.280. The molecule has 0 aliphatic rings. The van der Waals surface area contributed by atoms with E-state index in [4.69, 9.17) is 0 Å². The number of benzene rings is 1. The molecule has 0 heterocycles. The summed E-state index contributed by atoms with van der Waals surface area (Å²) in [5.74, 6) is 0.218. The highest BCUT2D eigenvalue weighted by Gasteiger charge is 2.09. The van der Waals surface area contributed by atoms with Gasteiger partial charge < -0.3 is 0 Å². The van der Waals surface area contributed by atoms with Crippen LogP contribution in [0.4, 0.5) is 0 Å². The Bertz CT molecular complexity index is 336. The van der Waals surface area contributed by atoms with Crippen molar-refractivity contribution in [3.05, 3.63) is 29.3 Å². The Labute approximate surface area is 97.4 Å². The molecule has 1 aromatic carbocycles. The van der Waals surface area contributed by atoms with Gasteiger partial charge in [0.15, 0.2) is 5.78 Å². The van der Waals surface area contributed by atoms with Gasteiger partial charge in [0, 0.05) is 22.2 Å². The van der Waals surface area contributed by atoms with Crippen LogP contribution in [0.1, 0.15) is 29.3 Å². The summed E-state index contributed by atoms with van der Waals surface area (Å²) in [6, 6.07) is 5.99. The summed E-state index contributed by atoms with van der Waals surface area (Å²) in [5, 5.41) is 0.834. The molecule has 3 heteroatoms. The van der Waals surface area contributed by atoms with Crippen molar-refractivity contribution in [2.45, 2.75) is 23.6 Å². The zero-order valence-corrected chi connectivity index (χ0v) is 10.7. The third-order valence-corrected chi connectivity index (χ3v) is 3.47. The van der Waals surface area contributed by atoms with Crippen LogP contribution in [-0.4, -0.2) is 12.0 Å². The van der Waals surface area contributed by atoms with Crippen LogP contribution >= 0.6 is 27.7 Å². The number of halogens is 1. The topological polar surface area (TPSA) is 17.1 Å². The van der Waals surface area contributed by atoms with Crippen molar-refractivity contribution >= 4 is 33.5 Å². The van der Waals surface area contributed by atoms with Crippen molar-refractivity contribution < 1.29 is 4.79 Å². The first-order chi connectivity index (χ1) is 6.72. The maximum absolute atomic E-state index is 11.6. The van der Waals surface area contributed by atoms with Gasteiger partial charge in [-0.2, -0.15) is 0 Å². The number of ketones is 1. The minimum atomic E-state index is 0.218. The molecule has 76 valence electrons. The fraction of sp³-hybridized carbons (Fsp3) is 0.364. The Balaban J connectivity index is 3.11. The van der Waals surface area contributed by atoms with Crippen LogP contribution < -0.4 is 0 Å². The molecule has 0 aliphatic carbocycles. The molecular formula is C11H13BrOS. The number of carbonyl (C=O) groups excluding carboxylic acids is 1. The minimum absolute atomic E-state index is 0.218. The molecule has 0 N–H and O–H groups in total. The number of thioether (sulfide) groups is 1. The lowest BCUT2D eigenvalue weighted by molar-refractivity contribution is 0.0985. The molecule has 0 amide bonds. The Morgan fingerprint density at radius 3 is 2.71 bits per heavy atom. The van der Waals surface area contributed by atoms with Crippen LogP contribution in [0.25, 0.3) is 0 Å². The number of carbonyl (C=O) groups is 1. The molecular weight excluding hydrogens is 260 g/mol. The monoisotopic (exact) mass is 272 g/mol. The van der Waals surface area contributed by atoms with Gasteiger partial charge in [0.05, 0.1) is 0 Å². The molecule has 1 nitrogen and oxygen atoms in total. The predicted octanol–water partition coefficient (Wildman–Crippen LogP) is 3.90. The average molecular weight is 273 g/mol. The second kappa shape index (κ2) is 5.56. The van der Waals surface area contributed by atoms with Crippen molar-refractivity contribution in [2.24, 2.45) is 0 Å². The highest BCUT2D eigenvalue weighted by molar-refractivity contribution is 9.08. The summed E-state index contributed by atoms with van der Waals surface area (Å²) in [6.45, 7) is 1.89. The molecule has 1 aromatic rings. The first-order valence-corrected chi connectivity index (χ1v) is 6.83. The number of rotatable bonds is 4. The van der Waals surface area contributed by atoms with Crippen LogP contribution in [0.15, 0.2) is 23.1 Å². The Kier molecular flexibility index (Phi) is 4.69. The molecule has 0 fully saturated rings. The van der Waals surface area contributed by atoms with E-state index in [9.17, 15) is 4.79 Å². The van der Waals surface area contributed by atoms with Gasteiger partial charge in [-0.25, -0.2) is 0 Å². The molecule has 14 heavy (non-hydrogen) atoms. The van der Waals surface area contributed by atoms with Crippen molar-refractivity contribution in [3.8, 4) is 0 Å². The summed E-state index contributed by atoms with van der Waals surface area (Å²) in [4.78, 5) is 12.6. The minimum Gasteiger partial charge on any atom is -0.294 e. The lowest BCUT2D eigenvalue weighted by Crippen LogP contribution is -1.99. The summed E-state index contributed by atoms with van der Waals surface area (Å²) in [7, 11) is 0. The molecule has 0 aromatic heterocycles. The molecule has 0 saturated heterocycles. The highest BCUT2D eigenvalue weighted by Crippen LogP contribution is 2.24. The van der Waals surface area contributed by atoms with E-state index >= 15 is 0 Å². The molecule has 0 atom stereocenters. The third-order valence-electron chi connectivity index (χ3n) is 2.04. The van der Waals surface area contributed by atoms with Gasteiger partial charge in [-0.3, -0.25) is 4.79 Å². The smallest absolute Gasteiger partial charge is 0.163 e. The van der Waals surface area contributed by atoms with Gasteiger partial charge >= 0.3 is 0 Å². The van der Waals surface area contributed by atoms with Gasteiger partial charge in [-0.15, -0.1) is 11.8 Å². The van der Waals surface area contributed by atoms with E-state index in [1.54, 1.807) is 11.8 Å². The van der Waals surface area contributed by atoms with Crippen LogP contribution in [0, 0.1) is 0 Å². The standard InChI is InChI=1S/C11H13BrOS/c1-3-10(13)9-5-4-8(7-12)6-11(9)14-2/h4-6H,3,7H2,1-2H3. The SMILES string of the molecule is CCC(=O)c1ccc(CBr)cc1SC. The molecule has 0 spiro atoms. The fourth-order valence-corrected chi connectivity index (χ4v) is 2.26. The lowest BCUT2D eigenvalue weighted by atomic mass is 10.1. The Morgan fingerprint density at radius 2 is 2.21 bits per heavy atom. The van der Waals surface area contributed by atoms with E-state index in [-0.39, 0.29) is 5.78 Å². The van der Waals surface area contributed by atoms with Gasteiger partial charge in [0.25, 0.3) is 0 Å². The lowest BCUT2D eigenvalue weighted by Gasteiger charge is -2.06. The highest BCUT2D eigenvalue weighted by atomic mass is 79.9. The first kappa shape index (κ1) is 11.8. The third kappa shape index (κ3) is 2.61. The fourth-order valence-electron chi connectivity index (χ4n) is 1.24. The van der Waals surface area contributed by atoms with Gasteiger partial charge in [0.1, 0.15) is 0 Å². The van der Waals surface area contributed by atoms with Crippen LogP contribution in [0.2, 0.25) is 0 Å². The summed E-state index contributed by atoms with van der Waals surface area (Å²) in [6.07, 6.45) is 2.57. The molecule has 0 saturated carbocycles. The number of hydrogen-bond acceptors (Lipinski definition) is 2. The zero-order valence-electron chi connectivity index (χ0n) is 8.34. The van der Waals surface area contributed by atoms with E-state index < -0.39 is 0 Å². The van der Waals surface area contributed by atoms with Crippen LogP contribution in [0.3, 0.4) is 0 Å². The first-order valence-electron chi connectivity index (χ1n) is 4.49. The van der Waals surface area contributed by atoms with Gasteiger partial charge in [0.2, 0.25) is 0 Å². The summed E-state index contributed by atoms with van der Waals surface area (Å²) < 4.78 is 0. The predicted molar refractivity (Wildman–Crippen MR) is 65.5 cm³/mol. The molecule has 0 aliphatic heterocycles. The van der Waals surface area contributed by atoms with Crippen molar-refractivity contribution in [1.29, 1.82) is 0 Å². The normalized spacial score (nSPS) is 10.2. The van der Waals surface area contributed by atoms with Crippen molar-refractivity contribution in [2.75, 3.05) is 6.26 Å². The molecule has 0 radical (unpaired) electrons. The maximum atomic E-state index is 11.6. The largest absolute Gasteiger partial charge is 0.294 e. The van der Waals surface area contributed by atoms with Gasteiger partial charge in [-0.05, 0) is 24.0 Å². The second-order valence-corrected chi connectivity index (χ2v) is 4.35. The van der Waals surface area contributed by atoms with Crippen molar-refractivity contribution in [1.82, 2.24) is 0 Å². The van der Waals surface area contributed by atoms with Gasteiger partial charge in [-0.1, -0.05) is 28.9 Å². The summed E-state index contributed by atoms with van der Waals surface area (Å²) >= 11 is 5.03. The number of Topliss-reactive ketones (excluding diaryl/α,β-unsaturated/α-hetero) is 1. The maximum Gasteiger partial charge on any atom is 0.163 e.